The smallest absolute Gasteiger partial charge is 0.338 e. The molecular formula is C21H21ClN2O6S. The van der Waals surface area contributed by atoms with Gasteiger partial charge in [-0.25, -0.2) is 18.0 Å². The summed E-state index contributed by atoms with van der Waals surface area (Å²) in [5.41, 5.74) is 0.496. The van der Waals surface area contributed by atoms with Crippen LogP contribution in [0.2, 0.25) is 5.02 Å². The van der Waals surface area contributed by atoms with E-state index < -0.39 is 33.6 Å². The lowest BCUT2D eigenvalue weighted by atomic mass is 9.95. The zero-order chi connectivity index (χ0) is 22.6. The quantitative estimate of drug-likeness (QED) is 0.609. The Balaban J connectivity index is 2.10. The van der Waals surface area contributed by atoms with Crippen molar-refractivity contribution in [1.82, 2.24) is 10.6 Å². The average molecular weight is 465 g/mol. The molecule has 0 bridgehead atoms. The number of methoxy groups -OCH3 is 1. The van der Waals surface area contributed by atoms with Gasteiger partial charge in [-0.05, 0) is 48.9 Å². The minimum absolute atomic E-state index is 0.00671. The summed E-state index contributed by atoms with van der Waals surface area (Å²) in [6, 6.07) is 10.9. The third-order valence-corrected chi connectivity index (χ3v) is 6.49. The van der Waals surface area contributed by atoms with E-state index in [4.69, 9.17) is 21.1 Å². The van der Waals surface area contributed by atoms with E-state index in [1.54, 1.807) is 31.2 Å². The monoisotopic (exact) mass is 464 g/mol. The van der Waals surface area contributed by atoms with E-state index in [1.165, 1.54) is 31.4 Å². The fourth-order valence-corrected chi connectivity index (χ4v) is 4.62. The molecule has 1 atom stereocenters. The Hall–Kier alpha value is -3.04. The lowest BCUT2D eigenvalue weighted by molar-refractivity contribution is -0.139. The Bertz CT molecular complexity index is 1130. The van der Waals surface area contributed by atoms with Crippen LogP contribution >= 0.6 is 11.6 Å². The number of benzene rings is 2. The molecule has 10 heteroatoms. The minimum Gasteiger partial charge on any atom is -0.497 e. The maximum atomic E-state index is 13.0. The van der Waals surface area contributed by atoms with E-state index in [0.29, 0.717) is 16.3 Å². The van der Waals surface area contributed by atoms with Gasteiger partial charge in [0, 0.05) is 10.7 Å². The predicted molar refractivity (Wildman–Crippen MR) is 115 cm³/mol. The number of sulfone groups is 1. The molecule has 2 aromatic rings. The van der Waals surface area contributed by atoms with Gasteiger partial charge in [0.25, 0.3) is 0 Å². The van der Waals surface area contributed by atoms with E-state index in [2.05, 4.69) is 10.6 Å². The number of amides is 2. The zero-order valence-electron chi connectivity index (χ0n) is 16.8. The van der Waals surface area contributed by atoms with Crippen LogP contribution in [-0.2, 0) is 19.4 Å². The minimum atomic E-state index is -3.89. The maximum absolute atomic E-state index is 13.0. The van der Waals surface area contributed by atoms with Crippen LogP contribution in [0.15, 0.2) is 64.7 Å². The zero-order valence-corrected chi connectivity index (χ0v) is 18.4. The molecule has 8 nitrogen and oxygen atoms in total. The van der Waals surface area contributed by atoms with Gasteiger partial charge in [-0.2, -0.15) is 0 Å². The molecule has 1 unspecified atom stereocenters. The number of ether oxygens (including phenoxy) is 2. The summed E-state index contributed by atoms with van der Waals surface area (Å²) in [5, 5.41) is 5.51. The molecule has 2 amide bonds. The summed E-state index contributed by atoms with van der Waals surface area (Å²) in [6.45, 7) is 1.72. The second-order valence-electron chi connectivity index (χ2n) is 6.63. The van der Waals surface area contributed by atoms with Crippen molar-refractivity contribution >= 4 is 33.4 Å². The standard InChI is InChI=1S/C21H21ClN2O6S/c1-3-30-20(25)18-17(12-31(27,28)16-9-7-14(22)8-10-16)23-21(26)24-19(18)13-5-4-6-15(11-13)29-2/h4-11,19H,3,12H2,1-2H3,(H2,23,24,26). The van der Waals surface area contributed by atoms with E-state index in [9.17, 15) is 18.0 Å². The number of esters is 1. The number of hydrogen-bond acceptors (Lipinski definition) is 6. The first-order valence-electron chi connectivity index (χ1n) is 9.35. The van der Waals surface area contributed by atoms with Gasteiger partial charge in [0.2, 0.25) is 0 Å². The van der Waals surface area contributed by atoms with E-state index in [0.717, 1.165) is 0 Å². The van der Waals surface area contributed by atoms with Gasteiger partial charge in [-0.3, -0.25) is 0 Å². The number of hydrogen-bond donors (Lipinski definition) is 2. The molecule has 0 radical (unpaired) electrons. The number of halogens is 1. The number of carbonyl (C=O) groups is 2. The Morgan fingerprint density at radius 2 is 1.87 bits per heavy atom. The van der Waals surface area contributed by atoms with Gasteiger partial charge in [0.15, 0.2) is 9.84 Å². The highest BCUT2D eigenvalue weighted by molar-refractivity contribution is 7.91. The topological polar surface area (TPSA) is 111 Å². The van der Waals surface area contributed by atoms with Gasteiger partial charge >= 0.3 is 12.0 Å². The molecule has 0 aliphatic carbocycles. The average Bonchev–Trinajstić information content (AvgIpc) is 2.73. The molecule has 3 rings (SSSR count). The summed E-state index contributed by atoms with van der Waals surface area (Å²) in [4.78, 5) is 25.2. The SMILES string of the molecule is CCOC(=O)C1=C(CS(=O)(=O)c2ccc(Cl)cc2)NC(=O)NC1c1cccc(OC)c1. The molecule has 0 fully saturated rings. The fraction of sp³-hybridized carbons (Fsp3) is 0.238. The molecular weight excluding hydrogens is 444 g/mol. The van der Waals surface area contributed by atoms with Crippen molar-refractivity contribution in [3.63, 3.8) is 0 Å². The van der Waals surface area contributed by atoms with Crippen LogP contribution in [-0.4, -0.2) is 39.9 Å². The third-order valence-electron chi connectivity index (χ3n) is 4.58. The van der Waals surface area contributed by atoms with Crippen LogP contribution in [0.5, 0.6) is 5.75 Å². The van der Waals surface area contributed by atoms with Gasteiger partial charge in [-0.1, -0.05) is 23.7 Å². The maximum Gasteiger partial charge on any atom is 0.338 e. The van der Waals surface area contributed by atoms with Crippen LogP contribution in [0.4, 0.5) is 4.79 Å². The Morgan fingerprint density at radius 1 is 1.16 bits per heavy atom. The number of rotatable bonds is 7. The predicted octanol–water partition coefficient (Wildman–Crippen LogP) is 2.99. The van der Waals surface area contributed by atoms with Crippen molar-refractivity contribution in [2.24, 2.45) is 0 Å². The van der Waals surface area contributed by atoms with Gasteiger partial charge in [-0.15, -0.1) is 0 Å². The number of carbonyl (C=O) groups excluding carboxylic acids is 2. The first kappa shape index (κ1) is 22.6. The van der Waals surface area contributed by atoms with Crippen molar-refractivity contribution in [1.29, 1.82) is 0 Å². The summed E-state index contributed by atoms with van der Waals surface area (Å²) >= 11 is 5.84. The van der Waals surface area contributed by atoms with Crippen LogP contribution in [0.25, 0.3) is 0 Å². The fourth-order valence-electron chi connectivity index (χ4n) is 3.17. The van der Waals surface area contributed by atoms with Gasteiger partial charge in [0.1, 0.15) is 5.75 Å². The van der Waals surface area contributed by atoms with Crippen LogP contribution in [0.1, 0.15) is 18.5 Å². The Kier molecular flexibility index (Phi) is 6.87. The molecule has 164 valence electrons. The second kappa shape index (κ2) is 9.40. The molecule has 31 heavy (non-hydrogen) atoms. The highest BCUT2D eigenvalue weighted by Crippen LogP contribution is 2.31. The molecule has 1 aliphatic rings. The number of urea groups is 1. The lowest BCUT2D eigenvalue weighted by Gasteiger charge is -2.29. The summed E-state index contributed by atoms with van der Waals surface area (Å²) in [7, 11) is -2.40. The highest BCUT2D eigenvalue weighted by Gasteiger charge is 2.35. The van der Waals surface area contributed by atoms with Crippen LogP contribution < -0.4 is 15.4 Å². The van der Waals surface area contributed by atoms with Crippen LogP contribution in [0.3, 0.4) is 0 Å². The molecule has 2 aromatic carbocycles. The van der Waals surface area contributed by atoms with Crippen molar-refractivity contribution in [2.75, 3.05) is 19.5 Å². The second-order valence-corrected chi connectivity index (χ2v) is 9.06. The van der Waals surface area contributed by atoms with Gasteiger partial charge in [0.05, 0.1) is 36.0 Å². The molecule has 0 spiro atoms. The van der Waals surface area contributed by atoms with E-state index in [1.807, 2.05) is 0 Å². The molecule has 0 saturated carbocycles. The first-order chi connectivity index (χ1) is 14.7. The molecule has 2 N–H and O–H groups in total. The largest absolute Gasteiger partial charge is 0.497 e. The van der Waals surface area contributed by atoms with Crippen molar-refractivity contribution in [3.8, 4) is 5.75 Å². The van der Waals surface area contributed by atoms with Crippen LogP contribution in [0, 0.1) is 0 Å². The Labute approximate surface area is 185 Å². The third kappa shape index (κ3) is 5.18. The highest BCUT2D eigenvalue weighted by atomic mass is 35.5. The number of nitrogens with one attached hydrogen (secondary N) is 2. The summed E-state index contributed by atoms with van der Waals surface area (Å²) in [5.74, 6) is -0.815. The lowest BCUT2D eigenvalue weighted by Crippen LogP contribution is -2.47. The normalized spacial score (nSPS) is 16.4. The molecule has 1 heterocycles. The molecule has 1 aliphatic heterocycles. The van der Waals surface area contributed by atoms with E-state index in [-0.39, 0.29) is 22.8 Å². The van der Waals surface area contributed by atoms with Crippen molar-refractivity contribution in [3.05, 3.63) is 70.4 Å². The summed E-state index contributed by atoms with van der Waals surface area (Å²) in [6.07, 6.45) is 0. The molecule has 0 saturated heterocycles. The Morgan fingerprint density at radius 3 is 2.52 bits per heavy atom. The molecule has 0 aromatic heterocycles. The van der Waals surface area contributed by atoms with Crippen molar-refractivity contribution < 1.29 is 27.5 Å². The van der Waals surface area contributed by atoms with Gasteiger partial charge < -0.3 is 20.1 Å². The van der Waals surface area contributed by atoms with Crippen molar-refractivity contribution in [2.45, 2.75) is 17.9 Å². The summed E-state index contributed by atoms with van der Waals surface area (Å²) < 4.78 is 36.3. The van der Waals surface area contributed by atoms with E-state index >= 15 is 0 Å². The first-order valence-corrected chi connectivity index (χ1v) is 11.4.